The quantitative estimate of drug-likeness (QED) is 0.120. The second-order valence-corrected chi connectivity index (χ2v) is 3.65. The molecule has 20 heavy (non-hydrogen) atoms. The molecule has 0 aromatic heterocycles. The van der Waals surface area contributed by atoms with E-state index in [2.05, 4.69) is 31.3 Å². The number of hydrogen-bond acceptors (Lipinski definition) is 10. The van der Waals surface area contributed by atoms with Crippen molar-refractivity contribution in [1.82, 2.24) is 21.6 Å². The summed E-state index contributed by atoms with van der Waals surface area (Å²) in [7, 11) is 0. The van der Waals surface area contributed by atoms with Crippen molar-refractivity contribution in [1.29, 1.82) is 0 Å². The molecule has 0 fully saturated rings. The fourth-order valence-electron chi connectivity index (χ4n) is 1.05. The molecule has 0 amide bonds. The second-order valence-electron chi connectivity index (χ2n) is 3.65. The number of nitrogens with two attached hydrogens (primary N) is 2. The van der Waals surface area contributed by atoms with Crippen LogP contribution in [0.5, 0.6) is 0 Å². The Kier molecular flexibility index (Phi) is 13.2. The average molecular weight is 292 g/mol. The molecule has 0 aliphatic carbocycles. The van der Waals surface area contributed by atoms with E-state index in [-0.39, 0.29) is 0 Å². The predicted octanol–water partition coefficient (Wildman–Crippen LogP) is -3.82. The lowest BCUT2D eigenvalue weighted by atomic mass is 10.6. The highest BCUT2D eigenvalue weighted by Crippen LogP contribution is 1.79. The minimum Gasteiger partial charge on any atom is -0.362 e. The molecule has 0 aromatic carbocycles. The summed E-state index contributed by atoms with van der Waals surface area (Å²) in [6.45, 7) is 4.22. The van der Waals surface area contributed by atoms with Gasteiger partial charge in [0.2, 0.25) is 0 Å². The van der Waals surface area contributed by atoms with Crippen LogP contribution in [0.25, 0.3) is 0 Å². The predicted molar refractivity (Wildman–Crippen MR) is 72.0 cm³/mol. The van der Waals surface area contributed by atoms with Crippen LogP contribution in [0.4, 0.5) is 0 Å². The van der Waals surface area contributed by atoms with Gasteiger partial charge >= 0.3 is 11.9 Å². The van der Waals surface area contributed by atoms with Gasteiger partial charge in [0.1, 0.15) is 0 Å². The molecule has 0 radical (unpaired) electrons. The minimum atomic E-state index is -1.12. The van der Waals surface area contributed by atoms with Crippen LogP contribution in [-0.4, -0.2) is 64.3 Å². The largest absolute Gasteiger partial charge is 0.437 e. The number of rotatable bonds is 12. The van der Waals surface area contributed by atoms with Gasteiger partial charge < -0.3 is 31.8 Å². The molecule has 0 atom stereocenters. The molecule has 0 bridgehead atoms. The van der Waals surface area contributed by atoms with Crippen LogP contribution in [0.1, 0.15) is 0 Å². The summed E-state index contributed by atoms with van der Waals surface area (Å²) in [4.78, 5) is 31.2. The van der Waals surface area contributed by atoms with E-state index in [1.807, 2.05) is 0 Å². The molecule has 0 spiro atoms. The Morgan fingerprint density at radius 2 is 1.10 bits per heavy atom. The summed E-state index contributed by atoms with van der Waals surface area (Å²) >= 11 is 0. The van der Waals surface area contributed by atoms with E-state index in [1.54, 1.807) is 0 Å². The van der Waals surface area contributed by atoms with Crippen molar-refractivity contribution in [2.75, 3.05) is 52.4 Å². The lowest BCUT2D eigenvalue weighted by Gasteiger charge is -2.07. The van der Waals surface area contributed by atoms with Gasteiger partial charge in [-0.1, -0.05) is 0 Å². The van der Waals surface area contributed by atoms with Crippen LogP contribution in [0.2, 0.25) is 0 Å². The first-order valence-electron chi connectivity index (χ1n) is 6.41. The standard InChI is InChI=1S/C10H24N6O4/c11-1-3-13-5-7-15-19-9(17)10(18)20-16-8-6-14-4-2-12/h13-16H,1-8,11-12H2. The maximum absolute atomic E-state index is 11.1. The molecular weight excluding hydrogens is 268 g/mol. The smallest absolute Gasteiger partial charge is 0.362 e. The minimum absolute atomic E-state index is 0.357. The first-order chi connectivity index (χ1) is 9.72. The molecule has 0 heterocycles. The molecule has 0 aliphatic rings. The molecule has 118 valence electrons. The van der Waals surface area contributed by atoms with E-state index in [4.69, 9.17) is 11.5 Å². The van der Waals surface area contributed by atoms with Crippen molar-refractivity contribution in [3.8, 4) is 0 Å². The van der Waals surface area contributed by atoms with Gasteiger partial charge in [0.05, 0.1) is 0 Å². The molecule has 0 saturated heterocycles. The number of carbonyl (C=O) groups excluding carboxylic acids is 2. The topological polar surface area (TPSA) is 153 Å². The molecule has 0 aliphatic heterocycles. The van der Waals surface area contributed by atoms with Crippen LogP contribution < -0.4 is 33.1 Å². The first kappa shape index (κ1) is 18.7. The summed E-state index contributed by atoms with van der Waals surface area (Å²) in [5, 5.41) is 5.95. The van der Waals surface area contributed by atoms with Gasteiger partial charge in [-0.25, -0.2) is 9.59 Å². The van der Waals surface area contributed by atoms with E-state index in [0.29, 0.717) is 52.4 Å². The third-order valence-corrected chi connectivity index (χ3v) is 1.95. The van der Waals surface area contributed by atoms with Crippen molar-refractivity contribution in [2.24, 2.45) is 11.5 Å². The van der Waals surface area contributed by atoms with E-state index in [0.717, 1.165) is 0 Å². The fraction of sp³-hybridized carbons (Fsp3) is 0.800. The Bertz CT molecular complexity index is 240. The summed E-state index contributed by atoms with van der Waals surface area (Å²) in [5.41, 5.74) is 15.2. The van der Waals surface area contributed by atoms with Crippen LogP contribution in [0.15, 0.2) is 0 Å². The van der Waals surface area contributed by atoms with E-state index in [1.165, 1.54) is 0 Å². The van der Waals surface area contributed by atoms with Crippen molar-refractivity contribution >= 4 is 11.9 Å². The van der Waals surface area contributed by atoms with Gasteiger partial charge in [0, 0.05) is 52.4 Å². The van der Waals surface area contributed by atoms with Gasteiger partial charge in [-0.2, -0.15) is 11.0 Å². The number of carbonyl (C=O) groups is 2. The molecular formula is C10H24N6O4. The zero-order chi connectivity index (χ0) is 15.1. The highest BCUT2D eigenvalue weighted by molar-refractivity contribution is 6.29. The Morgan fingerprint density at radius 1 is 0.700 bits per heavy atom. The summed E-state index contributed by atoms with van der Waals surface area (Å²) in [6.07, 6.45) is 0. The van der Waals surface area contributed by atoms with E-state index in [9.17, 15) is 9.59 Å². The summed E-state index contributed by atoms with van der Waals surface area (Å²) in [6, 6.07) is 0. The van der Waals surface area contributed by atoms with Crippen molar-refractivity contribution in [3.05, 3.63) is 0 Å². The van der Waals surface area contributed by atoms with Crippen LogP contribution in [0, 0.1) is 0 Å². The lowest BCUT2D eigenvalue weighted by Crippen LogP contribution is -2.37. The first-order valence-corrected chi connectivity index (χ1v) is 6.41. The van der Waals surface area contributed by atoms with Gasteiger partial charge in [0.25, 0.3) is 0 Å². The molecule has 10 heteroatoms. The fourth-order valence-corrected chi connectivity index (χ4v) is 1.05. The van der Waals surface area contributed by atoms with Gasteiger partial charge in [-0.15, -0.1) is 0 Å². The van der Waals surface area contributed by atoms with Gasteiger partial charge in [-0.05, 0) is 0 Å². The summed E-state index contributed by atoms with van der Waals surface area (Å²) < 4.78 is 0. The van der Waals surface area contributed by atoms with Crippen LogP contribution >= 0.6 is 0 Å². The zero-order valence-electron chi connectivity index (χ0n) is 11.4. The molecule has 0 saturated carbocycles. The van der Waals surface area contributed by atoms with Crippen LogP contribution in [-0.2, 0) is 19.3 Å². The van der Waals surface area contributed by atoms with Crippen LogP contribution in [0.3, 0.4) is 0 Å². The van der Waals surface area contributed by atoms with Crippen molar-refractivity contribution in [3.63, 3.8) is 0 Å². The Morgan fingerprint density at radius 3 is 1.45 bits per heavy atom. The lowest BCUT2D eigenvalue weighted by molar-refractivity contribution is -0.176. The van der Waals surface area contributed by atoms with E-state index < -0.39 is 11.9 Å². The normalized spacial score (nSPS) is 10.3. The second kappa shape index (κ2) is 14.1. The molecule has 0 rings (SSSR count). The molecule has 0 unspecified atom stereocenters. The highest BCUT2D eigenvalue weighted by atomic mass is 16.7. The monoisotopic (exact) mass is 292 g/mol. The average Bonchev–Trinajstić information content (AvgIpc) is 2.45. The van der Waals surface area contributed by atoms with Crippen molar-refractivity contribution < 1.29 is 19.3 Å². The van der Waals surface area contributed by atoms with E-state index >= 15 is 0 Å². The molecule has 10 nitrogen and oxygen atoms in total. The third kappa shape index (κ3) is 11.8. The number of hydrogen-bond donors (Lipinski definition) is 6. The maximum atomic E-state index is 11.1. The highest BCUT2D eigenvalue weighted by Gasteiger charge is 2.17. The number of hydroxylamine groups is 2. The SMILES string of the molecule is NCCNCCNOC(=O)C(=O)ONCCNCCN. The zero-order valence-corrected chi connectivity index (χ0v) is 11.4. The Balaban J connectivity index is 3.40. The third-order valence-electron chi connectivity index (χ3n) is 1.95. The molecule has 0 aromatic rings. The van der Waals surface area contributed by atoms with Gasteiger partial charge in [0.15, 0.2) is 0 Å². The summed E-state index contributed by atoms with van der Waals surface area (Å²) in [5.74, 6) is -2.24. The van der Waals surface area contributed by atoms with Crippen molar-refractivity contribution in [2.45, 2.75) is 0 Å². The Labute approximate surface area is 117 Å². The molecule has 8 N–H and O–H groups in total. The van der Waals surface area contributed by atoms with Gasteiger partial charge in [-0.3, -0.25) is 0 Å². The Hall–Kier alpha value is -1.30. The maximum Gasteiger partial charge on any atom is 0.437 e. The number of nitrogens with one attached hydrogen (secondary N) is 4.